The van der Waals surface area contributed by atoms with E-state index in [1.165, 1.54) is 17.8 Å². The molecule has 2 aromatic rings. The van der Waals surface area contributed by atoms with Crippen LogP contribution < -0.4 is 11.1 Å². The smallest absolute Gasteiger partial charge is 0.225 e. The van der Waals surface area contributed by atoms with Gasteiger partial charge in [-0.1, -0.05) is 29.3 Å². The van der Waals surface area contributed by atoms with Gasteiger partial charge in [-0.25, -0.2) is 4.98 Å². The molecule has 0 aliphatic heterocycles. The Morgan fingerprint density at radius 2 is 2.14 bits per heavy atom. The van der Waals surface area contributed by atoms with Crippen LogP contribution in [0.25, 0.3) is 0 Å². The van der Waals surface area contributed by atoms with E-state index in [0.717, 1.165) is 5.03 Å². The van der Waals surface area contributed by atoms with Crippen molar-refractivity contribution in [3.63, 3.8) is 0 Å². The highest BCUT2D eigenvalue weighted by Crippen LogP contribution is 2.32. The van der Waals surface area contributed by atoms with Crippen LogP contribution in [-0.2, 0) is 4.79 Å². The highest BCUT2D eigenvalue weighted by molar-refractivity contribution is 7.99. The number of pyridine rings is 1. The average molecular weight is 342 g/mol. The lowest BCUT2D eigenvalue weighted by molar-refractivity contribution is -0.115. The summed E-state index contributed by atoms with van der Waals surface area (Å²) >= 11 is 13.4. The molecule has 1 aromatic carbocycles. The second-order valence-corrected chi connectivity index (χ2v) is 6.13. The van der Waals surface area contributed by atoms with Crippen LogP contribution in [0.4, 0.5) is 11.4 Å². The van der Waals surface area contributed by atoms with Gasteiger partial charge >= 0.3 is 0 Å². The number of benzene rings is 1. The molecule has 21 heavy (non-hydrogen) atoms. The van der Waals surface area contributed by atoms with Crippen molar-refractivity contribution >= 4 is 52.2 Å². The minimum atomic E-state index is -0.158. The zero-order valence-corrected chi connectivity index (χ0v) is 13.3. The molecule has 0 fully saturated rings. The molecule has 0 spiro atoms. The summed E-state index contributed by atoms with van der Waals surface area (Å²) in [4.78, 5) is 16.1. The molecule has 1 amide bonds. The number of aromatic nitrogens is 1. The topological polar surface area (TPSA) is 68.0 Å². The number of rotatable bonds is 5. The summed E-state index contributed by atoms with van der Waals surface area (Å²) in [5, 5.41) is 4.34. The van der Waals surface area contributed by atoms with Gasteiger partial charge < -0.3 is 11.1 Å². The van der Waals surface area contributed by atoms with Crippen molar-refractivity contribution in [3.8, 4) is 0 Å². The number of nitrogens with two attached hydrogens (primary N) is 1. The lowest BCUT2D eigenvalue weighted by atomic mass is 10.2. The van der Waals surface area contributed by atoms with E-state index in [0.29, 0.717) is 33.6 Å². The molecule has 0 saturated heterocycles. The molecule has 0 unspecified atom stereocenters. The van der Waals surface area contributed by atoms with Crippen molar-refractivity contribution in [2.24, 2.45) is 0 Å². The minimum absolute atomic E-state index is 0.158. The SMILES string of the molecule is Nc1cc(Cl)cc(Cl)c1NC(=O)CCSc1ccccn1. The van der Waals surface area contributed by atoms with Crippen molar-refractivity contribution in [3.05, 3.63) is 46.6 Å². The van der Waals surface area contributed by atoms with E-state index >= 15 is 0 Å². The predicted octanol–water partition coefficient (Wildman–Crippen LogP) is 4.09. The first-order valence-electron chi connectivity index (χ1n) is 6.14. The summed E-state index contributed by atoms with van der Waals surface area (Å²) in [7, 11) is 0. The van der Waals surface area contributed by atoms with E-state index in [1.807, 2.05) is 18.2 Å². The number of nitrogens with zero attached hydrogens (tertiary/aromatic N) is 1. The number of halogens is 2. The van der Waals surface area contributed by atoms with E-state index in [-0.39, 0.29) is 5.91 Å². The van der Waals surface area contributed by atoms with Crippen LogP contribution in [0.15, 0.2) is 41.6 Å². The molecule has 0 aliphatic carbocycles. The van der Waals surface area contributed by atoms with Gasteiger partial charge in [0.2, 0.25) is 5.91 Å². The van der Waals surface area contributed by atoms with Gasteiger partial charge in [-0.2, -0.15) is 0 Å². The Morgan fingerprint density at radius 1 is 1.33 bits per heavy atom. The number of hydrogen-bond acceptors (Lipinski definition) is 4. The molecule has 0 bridgehead atoms. The lowest BCUT2D eigenvalue weighted by Crippen LogP contribution is -2.14. The van der Waals surface area contributed by atoms with Gasteiger partial charge in [0.25, 0.3) is 0 Å². The molecule has 110 valence electrons. The van der Waals surface area contributed by atoms with Crippen molar-refractivity contribution in [1.82, 2.24) is 4.98 Å². The third-order valence-electron chi connectivity index (χ3n) is 2.57. The maximum Gasteiger partial charge on any atom is 0.225 e. The number of thioether (sulfide) groups is 1. The molecule has 0 radical (unpaired) electrons. The van der Waals surface area contributed by atoms with Crippen LogP contribution in [0.3, 0.4) is 0 Å². The van der Waals surface area contributed by atoms with Gasteiger partial charge in [0, 0.05) is 23.4 Å². The molecule has 3 N–H and O–H groups in total. The van der Waals surface area contributed by atoms with Crippen molar-refractivity contribution < 1.29 is 4.79 Å². The Kier molecular flexibility index (Phi) is 5.73. The Bertz CT molecular complexity index is 614. The van der Waals surface area contributed by atoms with Gasteiger partial charge in [-0.15, -0.1) is 11.8 Å². The standard InChI is InChI=1S/C14H13Cl2N3OS/c15-9-7-10(16)14(11(17)8-9)19-12(20)4-6-21-13-3-1-2-5-18-13/h1-3,5,7-8H,4,6,17H2,(H,19,20). The summed E-state index contributed by atoms with van der Waals surface area (Å²) in [5.74, 6) is 0.461. The Morgan fingerprint density at radius 3 is 2.81 bits per heavy atom. The largest absolute Gasteiger partial charge is 0.397 e. The molecule has 0 saturated carbocycles. The first-order valence-corrected chi connectivity index (χ1v) is 7.88. The number of amides is 1. The fraction of sp³-hybridized carbons (Fsp3) is 0.143. The first-order chi connectivity index (χ1) is 10.1. The van der Waals surface area contributed by atoms with Crippen molar-refractivity contribution in [2.45, 2.75) is 11.4 Å². The molecular weight excluding hydrogens is 329 g/mol. The number of nitrogen functional groups attached to an aromatic ring is 1. The van der Waals surface area contributed by atoms with Gasteiger partial charge in [0.05, 0.1) is 21.4 Å². The predicted molar refractivity (Wildman–Crippen MR) is 89.1 cm³/mol. The number of carbonyl (C=O) groups is 1. The van der Waals surface area contributed by atoms with Crippen LogP contribution in [-0.4, -0.2) is 16.6 Å². The van der Waals surface area contributed by atoms with Crippen LogP contribution in [0.5, 0.6) is 0 Å². The van der Waals surface area contributed by atoms with Crippen LogP contribution >= 0.6 is 35.0 Å². The Balaban J connectivity index is 1.88. The van der Waals surface area contributed by atoms with E-state index in [1.54, 1.807) is 12.3 Å². The van der Waals surface area contributed by atoms with Gasteiger partial charge in [-0.05, 0) is 24.3 Å². The Labute approximate surface area is 137 Å². The van der Waals surface area contributed by atoms with Crippen molar-refractivity contribution in [2.75, 3.05) is 16.8 Å². The van der Waals surface area contributed by atoms with E-state index in [9.17, 15) is 4.79 Å². The highest BCUT2D eigenvalue weighted by Gasteiger charge is 2.10. The van der Waals surface area contributed by atoms with Crippen LogP contribution in [0, 0.1) is 0 Å². The quantitative estimate of drug-likeness (QED) is 0.634. The summed E-state index contributed by atoms with van der Waals surface area (Å²) in [6, 6.07) is 8.74. The second kappa shape index (κ2) is 7.54. The van der Waals surface area contributed by atoms with Crippen molar-refractivity contribution in [1.29, 1.82) is 0 Å². The summed E-state index contributed by atoms with van der Waals surface area (Å²) in [5.41, 5.74) is 6.53. The van der Waals surface area contributed by atoms with Gasteiger partial charge in [-0.3, -0.25) is 4.79 Å². The van der Waals surface area contributed by atoms with Crippen LogP contribution in [0.2, 0.25) is 10.0 Å². The lowest BCUT2D eigenvalue weighted by Gasteiger charge is -2.10. The fourth-order valence-corrected chi connectivity index (χ4v) is 2.97. The minimum Gasteiger partial charge on any atom is -0.397 e. The second-order valence-electron chi connectivity index (χ2n) is 4.17. The summed E-state index contributed by atoms with van der Waals surface area (Å²) < 4.78 is 0. The van der Waals surface area contributed by atoms with Gasteiger partial charge in [0.15, 0.2) is 0 Å². The third-order valence-corrected chi connectivity index (χ3v) is 4.03. The molecule has 0 aliphatic rings. The molecular formula is C14H13Cl2N3OS. The maximum atomic E-state index is 11.9. The summed E-state index contributed by atoms with van der Waals surface area (Å²) in [6.45, 7) is 0. The maximum absolute atomic E-state index is 11.9. The van der Waals surface area contributed by atoms with Gasteiger partial charge in [0.1, 0.15) is 0 Å². The number of hydrogen-bond donors (Lipinski definition) is 2. The fourth-order valence-electron chi connectivity index (χ4n) is 1.61. The average Bonchev–Trinajstić information content (AvgIpc) is 2.44. The summed E-state index contributed by atoms with van der Waals surface area (Å²) in [6.07, 6.45) is 2.05. The molecule has 7 heteroatoms. The highest BCUT2D eigenvalue weighted by atomic mass is 35.5. The van der Waals surface area contributed by atoms with E-state index in [2.05, 4.69) is 10.3 Å². The van der Waals surface area contributed by atoms with Crippen LogP contribution in [0.1, 0.15) is 6.42 Å². The molecule has 2 rings (SSSR count). The zero-order valence-electron chi connectivity index (χ0n) is 11.0. The third kappa shape index (κ3) is 4.81. The zero-order chi connectivity index (χ0) is 15.2. The number of carbonyl (C=O) groups excluding carboxylic acids is 1. The molecule has 4 nitrogen and oxygen atoms in total. The molecule has 1 heterocycles. The van der Waals surface area contributed by atoms with E-state index in [4.69, 9.17) is 28.9 Å². The normalized spacial score (nSPS) is 10.4. The molecule has 1 aromatic heterocycles. The van der Waals surface area contributed by atoms with E-state index < -0.39 is 0 Å². The number of nitrogens with one attached hydrogen (secondary N) is 1. The Hall–Kier alpha value is -1.43. The molecule has 0 atom stereocenters. The number of anilines is 2. The monoisotopic (exact) mass is 341 g/mol. The first kappa shape index (κ1) is 15.9.